The maximum atomic E-state index is 12.2. The summed E-state index contributed by atoms with van der Waals surface area (Å²) in [4.78, 5) is 10.2. The van der Waals surface area contributed by atoms with Gasteiger partial charge in [-0.2, -0.15) is 0 Å². The summed E-state index contributed by atoms with van der Waals surface area (Å²) >= 11 is 0. The van der Waals surface area contributed by atoms with Crippen LogP contribution in [0.4, 0.5) is 8.78 Å². The van der Waals surface area contributed by atoms with E-state index >= 15 is 0 Å². The summed E-state index contributed by atoms with van der Waals surface area (Å²) in [6, 6.07) is 3.04. The van der Waals surface area contributed by atoms with Crippen molar-refractivity contribution >= 4 is 15.8 Å². The quantitative estimate of drug-likeness (QED) is 0.882. The van der Waals surface area contributed by atoms with Crippen LogP contribution in [0.15, 0.2) is 23.1 Å². The molecule has 18 heavy (non-hydrogen) atoms. The molecule has 1 rings (SSSR count). The average molecular weight is 280 g/mol. The summed E-state index contributed by atoms with van der Waals surface area (Å²) in [7, 11) is -3.13. The largest absolute Gasteiger partial charge is 0.495 e. The zero-order valence-electron chi connectivity index (χ0n) is 9.26. The van der Waals surface area contributed by atoms with Crippen molar-refractivity contribution in [1.29, 1.82) is 0 Å². The SMILES string of the molecule is COc1ccc(C(=O)O)cc1S(=O)(=O)CC(F)F. The highest BCUT2D eigenvalue weighted by Crippen LogP contribution is 2.26. The minimum absolute atomic E-state index is 0.166. The summed E-state index contributed by atoms with van der Waals surface area (Å²) in [6.45, 7) is 0. The Balaban J connectivity index is 3.36. The summed E-state index contributed by atoms with van der Waals surface area (Å²) < 4.78 is 52.4. The molecule has 0 heterocycles. The van der Waals surface area contributed by atoms with Crippen LogP contribution < -0.4 is 4.74 Å². The number of sulfone groups is 1. The van der Waals surface area contributed by atoms with E-state index in [0.29, 0.717) is 0 Å². The molecule has 100 valence electrons. The lowest BCUT2D eigenvalue weighted by atomic mass is 10.2. The third-order valence-corrected chi connectivity index (χ3v) is 3.77. The zero-order valence-corrected chi connectivity index (χ0v) is 10.1. The number of hydrogen-bond donors (Lipinski definition) is 1. The van der Waals surface area contributed by atoms with Crippen LogP contribution in [0.25, 0.3) is 0 Å². The van der Waals surface area contributed by atoms with Gasteiger partial charge in [-0.05, 0) is 18.2 Å². The van der Waals surface area contributed by atoms with E-state index in [-0.39, 0.29) is 11.3 Å². The predicted octanol–water partition coefficient (Wildman–Crippen LogP) is 1.43. The number of carboxylic acids is 1. The zero-order chi connectivity index (χ0) is 13.9. The Morgan fingerprint density at radius 2 is 2.06 bits per heavy atom. The van der Waals surface area contributed by atoms with Crippen molar-refractivity contribution in [2.45, 2.75) is 11.3 Å². The topological polar surface area (TPSA) is 80.7 Å². The molecule has 0 aromatic heterocycles. The molecule has 0 atom stereocenters. The van der Waals surface area contributed by atoms with Crippen LogP contribution in [0, 0.1) is 0 Å². The molecule has 1 N–H and O–H groups in total. The maximum absolute atomic E-state index is 12.2. The minimum Gasteiger partial charge on any atom is -0.495 e. The molecule has 0 aliphatic heterocycles. The number of methoxy groups -OCH3 is 1. The van der Waals surface area contributed by atoms with Gasteiger partial charge in [-0.3, -0.25) is 0 Å². The lowest BCUT2D eigenvalue weighted by Crippen LogP contribution is -2.15. The van der Waals surface area contributed by atoms with Gasteiger partial charge in [-0.15, -0.1) is 0 Å². The smallest absolute Gasteiger partial charge is 0.335 e. The third kappa shape index (κ3) is 3.16. The number of halogens is 2. The van der Waals surface area contributed by atoms with E-state index in [0.717, 1.165) is 25.3 Å². The van der Waals surface area contributed by atoms with Crippen molar-refractivity contribution in [3.8, 4) is 5.75 Å². The fourth-order valence-electron chi connectivity index (χ4n) is 1.31. The van der Waals surface area contributed by atoms with Gasteiger partial charge in [-0.25, -0.2) is 22.0 Å². The monoisotopic (exact) mass is 280 g/mol. The molecule has 0 radical (unpaired) electrons. The normalized spacial score (nSPS) is 11.6. The second kappa shape index (κ2) is 5.30. The van der Waals surface area contributed by atoms with E-state index in [2.05, 4.69) is 0 Å². The second-order valence-electron chi connectivity index (χ2n) is 3.34. The van der Waals surface area contributed by atoms with Gasteiger partial charge in [0.1, 0.15) is 16.4 Å². The van der Waals surface area contributed by atoms with E-state index in [9.17, 15) is 22.0 Å². The summed E-state index contributed by atoms with van der Waals surface area (Å²) in [5.41, 5.74) is -0.316. The standard InChI is InChI=1S/C10H10F2O5S/c1-17-7-3-2-6(10(13)14)4-8(7)18(15,16)5-9(11)12/h2-4,9H,5H2,1H3,(H,13,14). The number of aromatic carboxylic acids is 1. The van der Waals surface area contributed by atoms with Crippen molar-refractivity contribution < 1.29 is 31.8 Å². The Morgan fingerprint density at radius 3 is 2.50 bits per heavy atom. The molecule has 0 unspecified atom stereocenters. The van der Waals surface area contributed by atoms with E-state index < -0.39 is 32.9 Å². The van der Waals surface area contributed by atoms with Gasteiger partial charge in [0.2, 0.25) is 0 Å². The summed E-state index contributed by atoms with van der Waals surface area (Å²) in [6.07, 6.45) is -3.05. The van der Waals surface area contributed by atoms with Crippen LogP contribution in [0.2, 0.25) is 0 Å². The first-order valence-corrected chi connectivity index (χ1v) is 6.35. The van der Waals surface area contributed by atoms with Crippen molar-refractivity contribution in [3.63, 3.8) is 0 Å². The first kappa shape index (κ1) is 14.4. The molecule has 0 aliphatic carbocycles. The molecular weight excluding hydrogens is 270 g/mol. The van der Waals surface area contributed by atoms with Crippen molar-refractivity contribution in [2.24, 2.45) is 0 Å². The Bertz CT molecular complexity index is 553. The van der Waals surface area contributed by atoms with Crippen LogP contribution in [-0.2, 0) is 9.84 Å². The average Bonchev–Trinajstić information content (AvgIpc) is 2.26. The fourth-order valence-corrected chi connectivity index (χ4v) is 2.58. The highest BCUT2D eigenvalue weighted by Gasteiger charge is 2.25. The van der Waals surface area contributed by atoms with Gasteiger partial charge >= 0.3 is 5.97 Å². The first-order chi connectivity index (χ1) is 8.27. The molecule has 0 amide bonds. The summed E-state index contributed by atoms with van der Waals surface area (Å²) in [5.74, 6) is -2.90. The molecular formula is C10H10F2O5S. The number of carboxylic acid groups (broad SMARTS) is 1. The van der Waals surface area contributed by atoms with Gasteiger partial charge in [0, 0.05) is 0 Å². The number of ether oxygens (including phenoxy) is 1. The summed E-state index contributed by atoms with van der Waals surface area (Å²) in [5, 5.41) is 8.74. The molecule has 0 saturated carbocycles. The fraction of sp³-hybridized carbons (Fsp3) is 0.300. The van der Waals surface area contributed by atoms with Crippen LogP contribution >= 0.6 is 0 Å². The minimum atomic E-state index is -4.30. The molecule has 0 fully saturated rings. The molecule has 8 heteroatoms. The van der Waals surface area contributed by atoms with Gasteiger partial charge in [0.25, 0.3) is 6.43 Å². The number of benzene rings is 1. The first-order valence-electron chi connectivity index (χ1n) is 4.70. The van der Waals surface area contributed by atoms with Crippen molar-refractivity contribution in [2.75, 3.05) is 12.9 Å². The Hall–Kier alpha value is -1.70. The molecule has 0 saturated heterocycles. The van der Waals surface area contributed by atoms with E-state index in [1.165, 1.54) is 0 Å². The number of alkyl halides is 2. The van der Waals surface area contributed by atoms with Gasteiger partial charge in [0.15, 0.2) is 9.84 Å². The van der Waals surface area contributed by atoms with Crippen LogP contribution in [0.5, 0.6) is 5.75 Å². The molecule has 0 aliphatic rings. The van der Waals surface area contributed by atoms with Crippen molar-refractivity contribution in [1.82, 2.24) is 0 Å². The van der Waals surface area contributed by atoms with Gasteiger partial charge in [0.05, 0.1) is 12.7 Å². The third-order valence-electron chi connectivity index (χ3n) is 2.09. The number of carbonyl (C=O) groups is 1. The lowest BCUT2D eigenvalue weighted by molar-refractivity contribution is 0.0696. The highest BCUT2D eigenvalue weighted by atomic mass is 32.2. The van der Waals surface area contributed by atoms with Crippen LogP contribution in [0.3, 0.4) is 0 Å². The molecule has 0 bridgehead atoms. The molecule has 1 aromatic carbocycles. The lowest BCUT2D eigenvalue weighted by Gasteiger charge is -2.10. The molecule has 1 aromatic rings. The van der Waals surface area contributed by atoms with Crippen molar-refractivity contribution in [3.05, 3.63) is 23.8 Å². The Morgan fingerprint density at radius 1 is 1.44 bits per heavy atom. The Kier molecular flexibility index (Phi) is 4.23. The Labute approximate surface area is 102 Å². The van der Waals surface area contributed by atoms with E-state index in [4.69, 9.17) is 9.84 Å². The number of hydrogen-bond acceptors (Lipinski definition) is 4. The molecule has 0 spiro atoms. The molecule has 5 nitrogen and oxygen atoms in total. The van der Waals surface area contributed by atoms with E-state index in [1.807, 2.05) is 0 Å². The van der Waals surface area contributed by atoms with Gasteiger partial charge < -0.3 is 9.84 Å². The maximum Gasteiger partial charge on any atom is 0.335 e. The second-order valence-corrected chi connectivity index (χ2v) is 5.35. The highest BCUT2D eigenvalue weighted by molar-refractivity contribution is 7.91. The van der Waals surface area contributed by atoms with Crippen LogP contribution in [0.1, 0.15) is 10.4 Å². The van der Waals surface area contributed by atoms with Crippen LogP contribution in [-0.4, -0.2) is 38.8 Å². The number of rotatable bonds is 5. The predicted molar refractivity (Wildman–Crippen MR) is 58.0 cm³/mol. The van der Waals surface area contributed by atoms with E-state index in [1.54, 1.807) is 0 Å². The van der Waals surface area contributed by atoms with Gasteiger partial charge in [-0.1, -0.05) is 0 Å².